The number of nitrogens with two attached hydrogens (primary N) is 1. The van der Waals surface area contributed by atoms with Crippen molar-refractivity contribution in [1.29, 1.82) is 0 Å². The molecule has 0 radical (unpaired) electrons. The summed E-state index contributed by atoms with van der Waals surface area (Å²) in [6, 6.07) is 40.5. The fraction of sp³-hybridized carbons (Fsp3) is 0.107. The highest BCUT2D eigenvalue weighted by Crippen LogP contribution is 2.43. The van der Waals surface area contributed by atoms with Crippen LogP contribution in [0.2, 0.25) is 0 Å². The Kier molecular flexibility index (Phi) is 5.76. The molecule has 0 aliphatic heterocycles. The third-order valence-corrected chi connectivity index (χ3v) is 5.87. The average molecular weight is 392 g/mol. The Morgan fingerprint density at radius 2 is 0.933 bits per heavy atom. The lowest BCUT2D eigenvalue weighted by molar-refractivity contribution is -0.122. The quantitative estimate of drug-likeness (QED) is 0.433. The summed E-state index contributed by atoms with van der Waals surface area (Å²) in [7, 11) is 0. The SMILES string of the molecule is NC(=O)C(CC(c1ccccc1)c1ccccc1)(c1ccccc1)c1ccccc1. The van der Waals surface area contributed by atoms with Gasteiger partial charge in [0.1, 0.15) is 0 Å². The number of carbonyl (C=O) groups is 1. The normalized spacial score (nSPS) is 11.4. The number of amides is 1. The third-order valence-electron chi connectivity index (χ3n) is 5.87. The minimum absolute atomic E-state index is 0.0142. The maximum Gasteiger partial charge on any atom is 0.232 e. The van der Waals surface area contributed by atoms with Crippen LogP contribution in [0.15, 0.2) is 121 Å². The Balaban J connectivity index is 1.93. The number of hydrogen-bond donors (Lipinski definition) is 1. The average Bonchev–Trinajstić information content (AvgIpc) is 2.82. The van der Waals surface area contributed by atoms with Gasteiger partial charge in [0, 0.05) is 5.92 Å². The fourth-order valence-electron chi connectivity index (χ4n) is 4.34. The van der Waals surface area contributed by atoms with Gasteiger partial charge in [-0.3, -0.25) is 4.79 Å². The Morgan fingerprint density at radius 1 is 0.600 bits per heavy atom. The van der Waals surface area contributed by atoms with Gasteiger partial charge in [-0.05, 0) is 28.7 Å². The molecule has 0 saturated carbocycles. The van der Waals surface area contributed by atoms with E-state index < -0.39 is 5.41 Å². The first kappa shape index (κ1) is 19.7. The van der Waals surface area contributed by atoms with Crippen molar-refractivity contribution in [2.24, 2.45) is 5.73 Å². The zero-order valence-electron chi connectivity index (χ0n) is 16.8. The van der Waals surface area contributed by atoms with Crippen LogP contribution in [0.3, 0.4) is 0 Å². The number of hydrogen-bond acceptors (Lipinski definition) is 1. The molecule has 0 spiro atoms. The maximum atomic E-state index is 13.2. The van der Waals surface area contributed by atoms with Crippen LogP contribution in [0.1, 0.15) is 34.6 Å². The molecule has 148 valence electrons. The van der Waals surface area contributed by atoms with Gasteiger partial charge in [0.05, 0.1) is 5.41 Å². The van der Waals surface area contributed by atoms with Crippen LogP contribution in [-0.4, -0.2) is 5.91 Å². The van der Waals surface area contributed by atoms with Crippen molar-refractivity contribution < 1.29 is 4.79 Å². The third kappa shape index (κ3) is 3.77. The Labute approximate surface area is 178 Å². The first-order valence-corrected chi connectivity index (χ1v) is 10.2. The number of rotatable bonds is 7. The highest BCUT2D eigenvalue weighted by atomic mass is 16.1. The zero-order chi connectivity index (χ0) is 20.8. The van der Waals surface area contributed by atoms with Gasteiger partial charge in [0.25, 0.3) is 0 Å². The molecule has 1 amide bonds. The molecule has 4 rings (SSSR count). The maximum absolute atomic E-state index is 13.2. The van der Waals surface area contributed by atoms with Crippen LogP contribution < -0.4 is 5.73 Å². The first-order valence-electron chi connectivity index (χ1n) is 10.2. The molecule has 0 heterocycles. The summed E-state index contributed by atoms with van der Waals surface area (Å²) < 4.78 is 0. The lowest BCUT2D eigenvalue weighted by Gasteiger charge is -2.36. The van der Waals surface area contributed by atoms with Gasteiger partial charge in [-0.2, -0.15) is 0 Å². The lowest BCUT2D eigenvalue weighted by Crippen LogP contribution is -2.43. The zero-order valence-corrected chi connectivity index (χ0v) is 16.8. The number of benzene rings is 4. The summed E-state index contributed by atoms with van der Waals surface area (Å²) >= 11 is 0. The van der Waals surface area contributed by atoms with Crippen molar-refractivity contribution in [1.82, 2.24) is 0 Å². The smallest absolute Gasteiger partial charge is 0.232 e. The lowest BCUT2D eigenvalue weighted by atomic mass is 9.66. The Bertz CT molecular complexity index is 998. The van der Waals surface area contributed by atoms with Crippen molar-refractivity contribution in [3.63, 3.8) is 0 Å². The van der Waals surface area contributed by atoms with Crippen LogP contribution in [0.25, 0.3) is 0 Å². The molecule has 0 aliphatic carbocycles. The van der Waals surface area contributed by atoms with E-state index in [9.17, 15) is 4.79 Å². The summed E-state index contributed by atoms with van der Waals surface area (Å²) in [5.74, 6) is -0.322. The van der Waals surface area contributed by atoms with E-state index >= 15 is 0 Å². The molecule has 30 heavy (non-hydrogen) atoms. The molecule has 0 aromatic heterocycles. The molecule has 4 aromatic carbocycles. The molecule has 2 N–H and O–H groups in total. The van der Waals surface area contributed by atoms with E-state index in [0.717, 1.165) is 11.1 Å². The highest BCUT2D eigenvalue weighted by molar-refractivity contribution is 5.91. The second-order valence-corrected chi connectivity index (χ2v) is 7.58. The van der Waals surface area contributed by atoms with Crippen LogP contribution >= 0.6 is 0 Å². The molecule has 0 saturated heterocycles. The van der Waals surface area contributed by atoms with E-state index in [0.29, 0.717) is 6.42 Å². The fourth-order valence-corrected chi connectivity index (χ4v) is 4.34. The van der Waals surface area contributed by atoms with Gasteiger partial charge in [-0.15, -0.1) is 0 Å². The summed E-state index contributed by atoms with van der Waals surface area (Å²) in [5.41, 5.74) is 9.43. The van der Waals surface area contributed by atoms with E-state index in [1.54, 1.807) is 0 Å². The summed E-state index contributed by atoms with van der Waals surface area (Å²) in [6.07, 6.45) is 0.546. The highest BCUT2D eigenvalue weighted by Gasteiger charge is 2.42. The van der Waals surface area contributed by atoms with Crippen molar-refractivity contribution in [2.75, 3.05) is 0 Å². The van der Waals surface area contributed by atoms with Gasteiger partial charge in [-0.1, -0.05) is 121 Å². The largest absolute Gasteiger partial charge is 0.369 e. The second-order valence-electron chi connectivity index (χ2n) is 7.58. The minimum atomic E-state index is -0.946. The van der Waals surface area contributed by atoms with Crippen molar-refractivity contribution in [3.05, 3.63) is 144 Å². The van der Waals surface area contributed by atoms with Crippen LogP contribution in [0, 0.1) is 0 Å². The second kappa shape index (κ2) is 8.79. The molecule has 4 aromatic rings. The summed E-state index contributed by atoms with van der Waals surface area (Å²) in [4.78, 5) is 13.2. The minimum Gasteiger partial charge on any atom is -0.369 e. The van der Waals surface area contributed by atoms with Crippen molar-refractivity contribution in [2.45, 2.75) is 17.8 Å². The monoisotopic (exact) mass is 391 g/mol. The van der Waals surface area contributed by atoms with Gasteiger partial charge in [-0.25, -0.2) is 0 Å². The molecule has 2 heteroatoms. The molecule has 0 bridgehead atoms. The molecular weight excluding hydrogens is 366 g/mol. The molecular formula is C28H25NO. The van der Waals surface area contributed by atoms with E-state index in [4.69, 9.17) is 5.73 Å². The Morgan fingerprint density at radius 3 is 1.27 bits per heavy atom. The van der Waals surface area contributed by atoms with E-state index in [1.165, 1.54) is 11.1 Å². The van der Waals surface area contributed by atoms with Gasteiger partial charge in [0.2, 0.25) is 5.91 Å². The van der Waals surface area contributed by atoms with E-state index in [1.807, 2.05) is 97.1 Å². The van der Waals surface area contributed by atoms with E-state index in [-0.39, 0.29) is 11.8 Å². The molecule has 0 atom stereocenters. The van der Waals surface area contributed by atoms with Crippen LogP contribution in [-0.2, 0) is 10.2 Å². The standard InChI is InChI=1S/C28H25NO/c29-27(30)28(24-17-9-3-10-18-24,25-19-11-4-12-20-25)21-26(22-13-5-1-6-14-22)23-15-7-2-8-16-23/h1-20,26H,21H2,(H2,29,30). The van der Waals surface area contributed by atoms with Gasteiger partial charge >= 0.3 is 0 Å². The summed E-state index contributed by atoms with van der Waals surface area (Å²) in [5, 5.41) is 0. The Hall–Kier alpha value is -3.65. The van der Waals surface area contributed by atoms with Crippen molar-refractivity contribution in [3.8, 4) is 0 Å². The van der Waals surface area contributed by atoms with Gasteiger partial charge < -0.3 is 5.73 Å². The van der Waals surface area contributed by atoms with Crippen LogP contribution in [0.4, 0.5) is 0 Å². The number of primary amides is 1. The molecule has 0 fully saturated rings. The molecule has 2 nitrogen and oxygen atoms in total. The summed E-state index contributed by atoms with van der Waals surface area (Å²) in [6.45, 7) is 0. The van der Waals surface area contributed by atoms with Crippen LogP contribution in [0.5, 0.6) is 0 Å². The topological polar surface area (TPSA) is 43.1 Å². The van der Waals surface area contributed by atoms with E-state index in [2.05, 4.69) is 24.3 Å². The predicted octanol–water partition coefficient (Wildman–Crippen LogP) is 5.68. The molecule has 0 unspecified atom stereocenters. The van der Waals surface area contributed by atoms with Crippen molar-refractivity contribution >= 4 is 5.91 Å². The predicted molar refractivity (Wildman–Crippen MR) is 122 cm³/mol. The van der Waals surface area contributed by atoms with Gasteiger partial charge in [0.15, 0.2) is 0 Å². The molecule has 0 aliphatic rings. The number of carbonyl (C=O) groups excluding carboxylic acids is 1. The first-order chi connectivity index (χ1) is 14.7.